The molecule has 1 aliphatic rings. The number of rotatable bonds is 6. The Morgan fingerprint density at radius 2 is 1.46 bits per heavy atom. The largest absolute Gasteiger partial charge is 0.416 e. The highest BCUT2D eigenvalue weighted by atomic mass is 35.5. The van der Waals surface area contributed by atoms with Crippen LogP contribution in [-0.4, -0.2) is 16.1 Å². The normalized spacial score (nSPS) is 18.1. The molecule has 218 valence electrons. The van der Waals surface area contributed by atoms with E-state index < -0.39 is 74.2 Å². The molecule has 4 rings (SSSR count). The fraction of sp³-hybridized carbons (Fsp3) is 0.259. The van der Waals surface area contributed by atoms with Gasteiger partial charge in [-0.1, -0.05) is 6.92 Å². The summed E-state index contributed by atoms with van der Waals surface area (Å²) in [5, 5.41) is 4.77. The zero-order chi connectivity index (χ0) is 30.5. The van der Waals surface area contributed by atoms with Gasteiger partial charge in [0, 0.05) is 17.3 Å². The topological polar surface area (TPSA) is 58.2 Å². The van der Waals surface area contributed by atoms with Crippen LogP contribution in [-0.2, 0) is 23.6 Å². The van der Waals surface area contributed by atoms with Crippen LogP contribution in [0.25, 0.3) is 0 Å². The molecule has 0 saturated heterocycles. The van der Waals surface area contributed by atoms with E-state index in [1.54, 1.807) is 6.92 Å². The summed E-state index contributed by atoms with van der Waals surface area (Å²) in [6.07, 6.45) is -9.90. The van der Waals surface area contributed by atoms with E-state index in [1.807, 2.05) is 0 Å². The maximum absolute atomic E-state index is 14.5. The third kappa shape index (κ3) is 6.43. The monoisotopic (exact) mass is 624 g/mol. The lowest BCUT2D eigenvalue weighted by molar-refractivity contribution is -0.143. The van der Waals surface area contributed by atoms with E-state index in [1.165, 1.54) is 12.1 Å². The molecule has 0 aliphatic heterocycles. The summed E-state index contributed by atoms with van der Waals surface area (Å²) in [5.41, 5.74) is -3.74. The highest BCUT2D eigenvalue weighted by Gasteiger charge is 2.68. The lowest BCUT2D eigenvalue weighted by Crippen LogP contribution is -2.19. The Labute approximate surface area is 237 Å². The highest BCUT2D eigenvalue weighted by molar-refractivity contribution is 6.53. The molecule has 2 N–H and O–H groups in total. The van der Waals surface area contributed by atoms with Crippen molar-refractivity contribution in [2.45, 2.75) is 35.9 Å². The average Bonchev–Trinajstić information content (AvgIpc) is 3.46. The minimum Gasteiger partial charge on any atom is -0.326 e. The molecule has 1 fully saturated rings. The van der Waals surface area contributed by atoms with E-state index in [2.05, 4.69) is 10.6 Å². The molecule has 3 aromatic rings. The predicted molar refractivity (Wildman–Crippen MR) is 136 cm³/mol. The van der Waals surface area contributed by atoms with Crippen molar-refractivity contribution in [2.75, 3.05) is 10.6 Å². The van der Waals surface area contributed by atoms with Crippen LogP contribution in [0.4, 0.5) is 46.5 Å². The summed E-state index contributed by atoms with van der Waals surface area (Å²) < 4.78 is 106. The van der Waals surface area contributed by atoms with Crippen molar-refractivity contribution in [3.63, 3.8) is 0 Å². The van der Waals surface area contributed by atoms with Gasteiger partial charge in [-0.05, 0) is 72.1 Å². The van der Waals surface area contributed by atoms with Gasteiger partial charge >= 0.3 is 12.4 Å². The number of carbonyl (C=O) groups is 2. The molecular formula is C27H18Cl2F8N2O2. The molecular weight excluding hydrogens is 607 g/mol. The summed E-state index contributed by atoms with van der Waals surface area (Å²) in [5.74, 6) is -6.36. The van der Waals surface area contributed by atoms with Crippen molar-refractivity contribution in [2.24, 2.45) is 5.92 Å². The summed E-state index contributed by atoms with van der Waals surface area (Å²) in [7, 11) is 0. The standard InChI is InChI=1S/C27H18Cl2F8N2O2/c1-2-12-9-16(30)3-6-20(12)39-23(40)18-11-17(4-5-19(18)31)38-24(41)22-21(25(22,28)29)13-7-14(26(32,33)34)10-15(8-13)27(35,36)37/h3-11,21-22H,2H2,1H3,(H,38,41)(H,39,40). The summed E-state index contributed by atoms with van der Waals surface area (Å²) in [6, 6.07) is 7.30. The van der Waals surface area contributed by atoms with Gasteiger partial charge in [0.25, 0.3) is 5.91 Å². The van der Waals surface area contributed by atoms with E-state index in [0.29, 0.717) is 24.1 Å². The summed E-state index contributed by atoms with van der Waals surface area (Å²) in [6.45, 7) is 1.71. The van der Waals surface area contributed by atoms with E-state index in [-0.39, 0.29) is 17.4 Å². The van der Waals surface area contributed by atoms with Crippen LogP contribution in [0.15, 0.2) is 54.6 Å². The zero-order valence-corrected chi connectivity index (χ0v) is 22.2. The first-order valence-corrected chi connectivity index (χ1v) is 12.6. The van der Waals surface area contributed by atoms with Crippen LogP contribution in [0.5, 0.6) is 0 Å². The molecule has 4 nitrogen and oxygen atoms in total. The Morgan fingerprint density at radius 1 is 0.854 bits per heavy atom. The number of amides is 2. The SMILES string of the molecule is CCc1cc(F)ccc1NC(=O)c1cc(NC(=O)C2C(c3cc(C(F)(F)F)cc(C(F)(F)F)c3)C2(Cl)Cl)ccc1F. The minimum atomic E-state index is -5.12. The molecule has 2 atom stereocenters. The molecule has 41 heavy (non-hydrogen) atoms. The molecule has 0 spiro atoms. The lowest BCUT2D eigenvalue weighted by atomic mass is 10.0. The summed E-state index contributed by atoms with van der Waals surface area (Å²) >= 11 is 12.3. The molecule has 1 aliphatic carbocycles. The van der Waals surface area contributed by atoms with Gasteiger partial charge in [0.05, 0.1) is 22.6 Å². The fourth-order valence-electron chi connectivity index (χ4n) is 4.39. The average molecular weight is 625 g/mol. The number of benzene rings is 3. The van der Waals surface area contributed by atoms with Crippen molar-refractivity contribution in [1.29, 1.82) is 0 Å². The van der Waals surface area contributed by atoms with E-state index >= 15 is 0 Å². The maximum atomic E-state index is 14.5. The molecule has 1 saturated carbocycles. The Balaban J connectivity index is 1.57. The third-order valence-electron chi connectivity index (χ3n) is 6.48. The minimum absolute atomic E-state index is 0.0639. The molecule has 0 bridgehead atoms. The van der Waals surface area contributed by atoms with Gasteiger partial charge in [0.2, 0.25) is 5.91 Å². The third-order valence-corrected chi connectivity index (χ3v) is 7.42. The van der Waals surface area contributed by atoms with Gasteiger partial charge in [-0.2, -0.15) is 26.3 Å². The first-order chi connectivity index (χ1) is 18.9. The van der Waals surface area contributed by atoms with Crippen molar-refractivity contribution in [1.82, 2.24) is 0 Å². The molecule has 0 radical (unpaired) electrons. The Kier molecular flexibility index (Phi) is 8.05. The van der Waals surface area contributed by atoms with Gasteiger partial charge in [-0.15, -0.1) is 23.2 Å². The maximum Gasteiger partial charge on any atom is 0.416 e. The van der Waals surface area contributed by atoms with Crippen LogP contribution in [0.3, 0.4) is 0 Å². The van der Waals surface area contributed by atoms with Crippen molar-refractivity contribution >= 4 is 46.4 Å². The number of hydrogen-bond acceptors (Lipinski definition) is 2. The smallest absolute Gasteiger partial charge is 0.326 e. The van der Waals surface area contributed by atoms with Crippen molar-refractivity contribution < 1.29 is 44.7 Å². The second-order valence-corrected chi connectivity index (χ2v) is 10.7. The number of nitrogens with one attached hydrogen (secondary N) is 2. The highest BCUT2D eigenvalue weighted by Crippen LogP contribution is 2.65. The molecule has 2 unspecified atom stereocenters. The lowest BCUT2D eigenvalue weighted by Gasteiger charge is -2.14. The number of alkyl halides is 8. The number of aryl methyl sites for hydroxylation is 1. The molecule has 3 aromatic carbocycles. The number of carbonyl (C=O) groups excluding carboxylic acids is 2. The molecule has 2 amide bonds. The van der Waals surface area contributed by atoms with Gasteiger partial charge in [0.1, 0.15) is 16.0 Å². The van der Waals surface area contributed by atoms with E-state index in [0.717, 1.165) is 24.3 Å². The first kappa shape index (κ1) is 30.6. The van der Waals surface area contributed by atoms with Crippen LogP contribution < -0.4 is 10.6 Å². The van der Waals surface area contributed by atoms with Crippen LogP contribution in [0, 0.1) is 17.6 Å². The second kappa shape index (κ2) is 10.8. The zero-order valence-electron chi connectivity index (χ0n) is 20.7. The van der Waals surface area contributed by atoms with E-state index in [4.69, 9.17) is 23.2 Å². The quantitative estimate of drug-likeness (QED) is 0.214. The van der Waals surface area contributed by atoms with E-state index in [9.17, 15) is 44.7 Å². The number of hydrogen-bond donors (Lipinski definition) is 2. The first-order valence-electron chi connectivity index (χ1n) is 11.8. The Bertz CT molecular complexity index is 1490. The molecule has 0 aromatic heterocycles. The van der Waals surface area contributed by atoms with Crippen LogP contribution in [0.2, 0.25) is 0 Å². The summed E-state index contributed by atoms with van der Waals surface area (Å²) in [4.78, 5) is 25.7. The van der Waals surface area contributed by atoms with Crippen molar-refractivity contribution in [3.8, 4) is 0 Å². The Hall–Kier alpha value is -3.38. The second-order valence-electron chi connectivity index (χ2n) is 9.26. The van der Waals surface area contributed by atoms with Gasteiger partial charge in [-0.3, -0.25) is 9.59 Å². The van der Waals surface area contributed by atoms with Crippen LogP contribution in [0.1, 0.15) is 45.5 Å². The number of anilines is 2. The van der Waals surface area contributed by atoms with Gasteiger partial charge < -0.3 is 10.6 Å². The molecule has 14 heteroatoms. The van der Waals surface area contributed by atoms with Gasteiger partial charge in [0.15, 0.2) is 0 Å². The molecule has 0 heterocycles. The Morgan fingerprint density at radius 3 is 2.02 bits per heavy atom. The van der Waals surface area contributed by atoms with Crippen molar-refractivity contribution in [3.05, 3.63) is 94.0 Å². The predicted octanol–water partition coefficient (Wildman–Crippen LogP) is 8.34. The van der Waals surface area contributed by atoms with Crippen LogP contribution >= 0.6 is 23.2 Å². The fourth-order valence-corrected chi connectivity index (χ4v) is 5.22. The van der Waals surface area contributed by atoms with Gasteiger partial charge in [-0.25, -0.2) is 8.78 Å². The number of halogens is 10.